The van der Waals surface area contributed by atoms with E-state index < -0.39 is 0 Å². The Bertz CT molecular complexity index is 465. The molecule has 0 spiro atoms. The number of hydrogen-bond donors (Lipinski definition) is 1. The molecule has 0 aromatic rings. The molecule has 0 aliphatic carbocycles. The summed E-state index contributed by atoms with van der Waals surface area (Å²) in [4.78, 5) is 23.6. The lowest BCUT2D eigenvalue weighted by Crippen LogP contribution is -2.55. The van der Waals surface area contributed by atoms with Crippen LogP contribution in [0.15, 0.2) is 4.99 Å². The summed E-state index contributed by atoms with van der Waals surface area (Å²) >= 11 is 0. The van der Waals surface area contributed by atoms with Gasteiger partial charge in [-0.05, 0) is 58.2 Å². The second kappa shape index (κ2) is 10.1. The average molecular weight is 366 g/mol. The number of guanidine groups is 1. The van der Waals surface area contributed by atoms with Crippen LogP contribution >= 0.6 is 0 Å². The van der Waals surface area contributed by atoms with E-state index in [9.17, 15) is 4.79 Å². The van der Waals surface area contributed by atoms with Crippen molar-refractivity contribution in [2.45, 2.75) is 44.6 Å². The fraction of sp³-hybridized carbons (Fsp3) is 0.895. The molecular weight excluding hydrogens is 330 g/mol. The van der Waals surface area contributed by atoms with E-state index in [4.69, 9.17) is 4.74 Å². The average Bonchev–Trinajstić information content (AvgIpc) is 3.38. The Kier molecular flexibility index (Phi) is 7.55. The maximum Gasteiger partial charge on any atom is 0.251 e. The van der Waals surface area contributed by atoms with Gasteiger partial charge in [-0.3, -0.25) is 9.79 Å². The van der Waals surface area contributed by atoms with Crippen LogP contribution in [-0.2, 0) is 9.53 Å². The summed E-state index contributed by atoms with van der Waals surface area (Å²) in [7, 11) is 1.84. The van der Waals surface area contributed by atoms with Gasteiger partial charge in [0, 0.05) is 46.4 Å². The third kappa shape index (κ3) is 5.33. The zero-order chi connectivity index (χ0) is 18.2. The lowest BCUT2D eigenvalue weighted by Gasteiger charge is -2.37. The molecule has 3 fully saturated rings. The summed E-state index contributed by atoms with van der Waals surface area (Å²) < 4.78 is 5.53. The SMILES string of the molecule is CN=C(NCCCCN1CCCC1)N1CCN(C(=O)C2CCCO2)CC1. The fourth-order valence-electron chi connectivity index (χ4n) is 4.11. The Morgan fingerprint density at radius 3 is 2.42 bits per heavy atom. The van der Waals surface area contributed by atoms with Gasteiger partial charge in [-0.15, -0.1) is 0 Å². The topological polar surface area (TPSA) is 60.4 Å². The summed E-state index contributed by atoms with van der Waals surface area (Å²) in [6.45, 7) is 8.68. The van der Waals surface area contributed by atoms with Crippen molar-refractivity contribution in [2.24, 2.45) is 4.99 Å². The Morgan fingerprint density at radius 1 is 1.04 bits per heavy atom. The van der Waals surface area contributed by atoms with Crippen LogP contribution in [0.25, 0.3) is 0 Å². The van der Waals surface area contributed by atoms with Crippen LogP contribution in [0.1, 0.15) is 38.5 Å². The van der Waals surface area contributed by atoms with Crippen LogP contribution in [0.5, 0.6) is 0 Å². The zero-order valence-corrected chi connectivity index (χ0v) is 16.3. The molecule has 3 aliphatic rings. The number of ether oxygens (including phenoxy) is 1. The van der Waals surface area contributed by atoms with Crippen molar-refractivity contribution < 1.29 is 9.53 Å². The minimum absolute atomic E-state index is 0.173. The summed E-state index contributed by atoms with van der Waals surface area (Å²) in [6, 6.07) is 0. The monoisotopic (exact) mass is 365 g/mol. The first-order chi connectivity index (χ1) is 12.8. The number of likely N-dealkylation sites (tertiary alicyclic amines) is 1. The number of nitrogens with zero attached hydrogens (tertiary/aromatic N) is 4. The predicted octanol–water partition coefficient (Wildman–Crippen LogP) is 0.761. The highest BCUT2D eigenvalue weighted by Crippen LogP contribution is 2.16. The molecule has 0 saturated carbocycles. The molecule has 1 unspecified atom stereocenters. The summed E-state index contributed by atoms with van der Waals surface area (Å²) in [5.41, 5.74) is 0. The standard InChI is InChI=1S/C19H35N5O2/c1-20-19(21-8-2-3-9-22-10-4-5-11-22)24-14-12-23(13-15-24)18(25)17-7-6-16-26-17/h17H,2-16H2,1H3,(H,20,21). The van der Waals surface area contributed by atoms with E-state index in [1.807, 2.05) is 11.9 Å². The van der Waals surface area contributed by atoms with Gasteiger partial charge >= 0.3 is 0 Å². The first-order valence-electron chi connectivity index (χ1n) is 10.4. The van der Waals surface area contributed by atoms with Crippen LogP contribution in [-0.4, -0.2) is 98.7 Å². The van der Waals surface area contributed by atoms with E-state index in [0.29, 0.717) is 0 Å². The summed E-state index contributed by atoms with van der Waals surface area (Å²) in [5, 5.41) is 3.49. The van der Waals surface area contributed by atoms with E-state index in [2.05, 4.69) is 20.1 Å². The van der Waals surface area contributed by atoms with Crippen molar-refractivity contribution in [3.05, 3.63) is 0 Å². The third-order valence-electron chi connectivity index (χ3n) is 5.69. The van der Waals surface area contributed by atoms with Gasteiger partial charge in [0.05, 0.1) is 0 Å². The van der Waals surface area contributed by atoms with Crippen LogP contribution < -0.4 is 5.32 Å². The van der Waals surface area contributed by atoms with Crippen LogP contribution in [0.2, 0.25) is 0 Å². The Hall–Kier alpha value is -1.34. The van der Waals surface area contributed by atoms with Crippen molar-refractivity contribution in [3.63, 3.8) is 0 Å². The maximum absolute atomic E-state index is 12.4. The van der Waals surface area contributed by atoms with Gasteiger partial charge in [-0.25, -0.2) is 0 Å². The van der Waals surface area contributed by atoms with Crippen LogP contribution in [0, 0.1) is 0 Å². The highest BCUT2D eigenvalue weighted by molar-refractivity contribution is 5.82. The molecule has 7 nitrogen and oxygen atoms in total. The lowest BCUT2D eigenvalue weighted by atomic mass is 10.2. The van der Waals surface area contributed by atoms with Crippen molar-refractivity contribution in [3.8, 4) is 0 Å². The first-order valence-corrected chi connectivity index (χ1v) is 10.4. The number of unbranched alkanes of at least 4 members (excludes halogenated alkanes) is 1. The normalized spacial score (nSPS) is 25.1. The van der Waals surface area contributed by atoms with Gasteiger partial charge in [0.15, 0.2) is 5.96 Å². The van der Waals surface area contributed by atoms with Crippen molar-refractivity contribution in [2.75, 3.05) is 66.0 Å². The molecule has 0 radical (unpaired) electrons. The number of piperazine rings is 1. The number of carbonyl (C=O) groups is 1. The smallest absolute Gasteiger partial charge is 0.251 e. The van der Waals surface area contributed by atoms with Gasteiger partial charge < -0.3 is 24.8 Å². The zero-order valence-electron chi connectivity index (χ0n) is 16.3. The van der Waals surface area contributed by atoms with Gasteiger partial charge in [0.25, 0.3) is 5.91 Å². The van der Waals surface area contributed by atoms with E-state index >= 15 is 0 Å². The quantitative estimate of drug-likeness (QED) is 0.428. The largest absolute Gasteiger partial charge is 0.368 e. The molecule has 3 rings (SSSR count). The molecule has 0 aromatic heterocycles. The first kappa shape index (κ1) is 19.4. The Labute approximate surface area is 157 Å². The molecule has 3 heterocycles. The molecule has 1 N–H and O–H groups in total. The Morgan fingerprint density at radius 2 is 1.77 bits per heavy atom. The highest BCUT2D eigenvalue weighted by atomic mass is 16.5. The maximum atomic E-state index is 12.4. The van der Waals surface area contributed by atoms with E-state index in [1.54, 1.807) is 0 Å². The predicted molar refractivity (Wildman–Crippen MR) is 103 cm³/mol. The Balaban J connectivity index is 1.32. The van der Waals surface area contributed by atoms with Crippen molar-refractivity contribution in [1.29, 1.82) is 0 Å². The van der Waals surface area contributed by atoms with Crippen molar-refractivity contribution >= 4 is 11.9 Å². The molecule has 1 atom stereocenters. The molecule has 0 aromatic carbocycles. The van der Waals surface area contributed by atoms with E-state index in [-0.39, 0.29) is 12.0 Å². The molecule has 26 heavy (non-hydrogen) atoms. The summed E-state index contributed by atoms with van der Waals surface area (Å²) in [5.74, 6) is 1.14. The van der Waals surface area contributed by atoms with Crippen molar-refractivity contribution in [1.82, 2.24) is 20.0 Å². The molecular formula is C19H35N5O2. The van der Waals surface area contributed by atoms with E-state index in [0.717, 1.165) is 58.1 Å². The number of hydrogen-bond acceptors (Lipinski definition) is 4. The second-order valence-electron chi connectivity index (χ2n) is 7.54. The molecule has 148 valence electrons. The highest BCUT2D eigenvalue weighted by Gasteiger charge is 2.30. The number of nitrogens with one attached hydrogen (secondary N) is 1. The van der Waals surface area contributed by atoms with Crippen LogP contribution in [0.4, 0.5) is 0 Å². The van der Waals surface area contributed by atoms with Gasteiger partial charge in [0.1, 0.15) is 6.10 Å². The third-order valence-corrected chi connectivity index (χ3v) is 5.69. The molecule has 3 saturated heterocycles. The summed E-state index contributed by atoms with van der Waals surface area (Å²) in [6.07, 6.45) is 6.83. The number of rotatable bonds is 6. The minimum Gasteiger partial charge on any atom is -0.368 e. The minimum atomic E-state index is -0.199. The fourth-order valence-corrected chi connectivity index (χ4v) is 4.11. The number of aliphatic imine (C=N–C) groups is 1. The lowest BCUT2D eigenvalue weighted by molar-refractivity contribution is -0.142. The molecule has 7 heteroatoms. The number of carbonyl (C=O) groups excluding carboxylic acids is 1. The van der Waals surface area contributed by atoms with Crippen LogP contribution in [0.3, 0.4) is 0 Å². The molecule has 3 aliphatic heterocycles. The number of amides is 1. The molecule has 1 amide bonds. The van der Waals surface area contributed by atoms with Gasteiger partial charge in [-0.1, -0.05) is 0 Å². The second-order valence-corrected chi connectivity index (χ2v) is 7.54. The van der Waals surface area contributed by atoms with Gasteiger partial charge in [-0.2, -0.15) is 0 Å². The van der Waals surface area contributed by atoms with Gasteiger partial charge in [0.2, 0.25) is 0 Å². The van der Waals surface area contributed by atoms with E-state index in [1.165, 1.54) is 45.3 Å². The molecule has 0 bridgehead atoms.